The normalized spacial score (nSPS) is 12.2. The molecule has 0 aliphatic rings. The first-order valence-electron chi connectivity index (χ1n) is 7.54. The Labute approximate surface area is 152 Å². The fourth-order valence-corrected chi connectivity index (χ4v) is 2.48. The van der Waals surface area contributed by atoms with Crippen LogP contribution in [0.3, 0.4) is 0 Å². The molecule has 1 N–H and O–H groups in total. The van der Waals surface area contributed by atoms with Gasteiger partial charge in [0.1, 0.15) is 11.1 Å². The summed E-state index contributed by atoms with van der Waals surface area (Å²) in [6.45, 7) is 0. The molecule has 28 heavy (non-hydrogen) atoms. The van der Waals surface area contributed by atoms with Crippen molar-refractivity contribution in [1.82, 2.24) is 5.16 Å². The molecule has 1 heterocycles. The number of anilines is 1. The molecule has 5 nitrogen and oxygen atoms in total. The number of hydrogen-bond donors (Lipinski definition) is 1. The number of rotatable bonds is 3. The van der Waals surface area contributed by atoms with Gasteiger partial charge in [-0.15, -0.1) is 0 Å². The van der Waals surface area contributed by atoms with Gasteiger partial charge in [0.25, 0.3) is 5.91 Å². The van der Waals surface area contributed by atoms with Crippen molar-refractivity contribution < 1.29 is 40.4 Å². The van der Waals surface area contributed by atoms with Crippen LogP contribution >= 0.6 is 0 Å². The van der Waals surface area contributed by atoms with Crippen molar-refractivity contribution in [3.63, 3.8) is 0 Å². The molecule has 3 aromatic rings. The van der Waals surface area contributed by atoms with E-state index in [1.54, 1.807) is 6.07 Å². The Morgan fingerprint density at radius 2 is 1.64 bits per heavy atom. The lowest BCUT2D eigenvalue weighted by molar-refractivity contribution is -0.143. The maximum atomic E-state index is 12.9. The number of amides is 1. The van der Waals surface area contributed by atoms with Crippen LogP contribution in [0.15, 0.2) is 40.9 Å². The van der Waals surface area contributed by atoms with E-state index in [9.17, 15) is 31.1 Å². The Balaban J connectivity index is 2.04. The van der Waals surface area contributed by atoms with Gasteiger partial charge in [-0.25, -0.2) is 0 Å². The Hall–Kier alpha value is -3.24. The van der Waals surface area contributed by atoms with Gasteiger partial charge < -0.3 is 14.6 Å². The molecule has 0 radical (unpaired) electrons. The molecule has 1 aromatic heterocycles. The third-order valence-electron chi connectivity index (χ3n) is 3.76. The number of methoxy groups -OCH3 is 1. The third-order valence-corrected chi connectivity index (χ3v) is 3.76. The molecule has 0 aliphatic heterocycles. The second-order valence-corrected chi connectivity index (χ2v) is 5.61. The lowest BCUT2D eigenvalue weighted by Crippen LogP contribution is -2.17. The first-order valence-corrected chi connectivity index (χ1v) is 7.54. The number of carbonyl (C=O) groups excluding carboxylic acids is 1. The van der Waals surface area contributed by atoms with Crippen molar-refractivity contribution in [1.29, 1.82) is 0 Å². The Morgan fingerprint density at radius 3 is 2.18 bits per heavy atom. The monoisotopic (exact) mass is 404 g/mol. The van der Waals surface area contributed by atoms with Gasteiger partial charge in [-0.3, -0.25) is 4.79 Å². The largest absolute Gasteiger partial charge is 0.496 e. The van der Waals surface area contributed by atoms with Crippen molar-refractivity contribution in [3.05, 3.63) is 53.1 Å². The van der Waals surface area contributed by atoms with Gasteiger partial charge in [-0.1, -0.05) is 11.2 Å². The first kappa shape index (κ1) is 19.5. The van der Waals surface area contributed by atoms with Gasteiger partial charge >= 0.3 is 12.4 Å². The van der Waals surface area contributed by atoms with E-state index in [-0.39, 0.29) is 28.6 Å². The Morgan fingerprint density at radius 1 is 1.04 bits per heavy atom. The van der Waals surface area contributed by atoms with Gasteiger partial charge in [-0.2, -0.15) is 26.3 Å². The van der Waals surface area contributed by atoms with Gasteiger partial charge in [0, 0.05) is 5.56 Å². The van der Waals surface area contributed by atoms with Crippen LogP contribution in [-0.2, 0) is 12.4 Å². The van der Waals surface area contributed by atoms with Crippen LogP contribution in [0.25, 0.3) is 11.0 Å². The molecular weight excluding hydrogens is 394 g/mol. The number of nitrogens with one attached hydrogen (secondary N) is 1. The first-order chi connectivity index (χ1) is 13.0. The minimum Gasteiger partial charge on any atom is -0.496 e. The van der Waals surface area contributed by atoms with Crippen LogP contribution in [0.4, 0.5) is 32.2 Å². The molecule has 0 fully saturated rings. The molecule has 2 aromatic carbocycles. The summed E-state index contributed by atoms with van der Waals surface area (Å²) < 4.78 is 87.7. The van der Waals surface area contributed by atoms with Gasteiger partial charge in [0.2, 0.25) is 0 Å². The summed E-state index contributed by atoms with van der Waals surface area (Å²) in [6, 6.07) is 5.16. The van der Waals surface area contributed by atoms with Crippen molar-refractivity contribution in [2.45, 2.75) is 12.4 Å². The van der Waals surface area contributed by atoms with Crippen molar-refractivity contribution in [3.8, 4) is 5.75 Å². The molecule has 3 rings (SSSR count). The van der Waals surface area contributed by atoms with Crippen molar-refractivity contribution in [2.75, 3.05) is 12.4 Å². The fourth-order valence-electron chi connectivity index (χ4n) is 2.48. The van der Waals surface area contributed by atoms with E-state index in [1.807, 2.05) is 0 Å². The second kappa shape index (κ2) is 6.73. The summed E-state index contributed by atoms with van der Waals surface area (Å²) in [5.41, 5.74) is -3.84. The highest BCUT2D eigenvalue weighted by atomic mass is 19.4. The number of fused-ring (bicyclic) bond motifs is 1. The lowest BCUT2D eigenvalue weighted by Gasteiger charge is -2.14. The predicted molar refractivity (Wildman–Crippen MR) is 85.0 cm³/mol. The minimum atomic E-state index is -5.07. The molecule has 1 amide bonds. The summed E-state index contributed by atoms with van der Waals surface area (Å²) in [5, 5.41) is 5.94. The van der Waals surface area contributed by atoms with Crippen LogP contribution in [0, 0.1) is 0 Å². The summed E-state index contributed by atoms with van der Waals surface area (Å²) in [7, 11) is 1.33. The van der Waals surface area contributed by atoms with Crippen LogP contribution in [0.5, 0.6) is 5.75 Å². The zero-order valence-electron chi connectivity index (χ0n) is 13.9. The number of carbonyl (C=O) groups is 1. The molecule has 0 unspecified atom stereocenters. The highest BCUT2D eigenvalue weighted by Crippen LogP contribution is 2.37. The van der Waals surface area contributed by atoms with Crippen molar-refractivity contribution >= 4 is 22.7 Å². The average molecular weight is 404 g/mol. The zero-order valence-corrected chi connectivity index (χ0v) is 13.9. The zero-order chi connectivity index (χ0) is 20.7. The SMILES string of the molecule is COc1cccc2onc(NC(=O)c3cc(C(F)(F)F)cc(C(F)(F)F)c3)c12. The molecule has 0 atom stereocenters. The van der Waals surface area contributed by atoms with Crippen LogP contribution in [0.2, 0.25) is 0 Å². The van der Waals surface area contributed by atoms with Gasteiger partial charge in [0.15, 0.2) is 11.4 Å². The van der Waals surface area contributed by atoms with Crippen LogP contribution in [0.1, 0.15) is 21.5 Å². The summed E-state index contributed by atoms with van der Waals surface area (Å²) in [5.74, 6) is -1.19. The number of benzene rings is 2. The van der Waals surface area contributed by atoms with E-state index in [1.165, 1.54) is 19.2 Å². The topological polar surface area (TPSA) is 64.4 Å². The number of nitrogens with zero attached hydrogens (tertiary/aromatic N) is 1. The van der Waals surface area contributed by atoms with E-state index in [0.717, 1.165) is 0 Å². The maximum Gasteiger partial charge on any atom is 0.416 e. The highest BCUT2D eigenvalue weighted by molar-refractivity contribution is 6.08. The fraction of sp³-hybridized carbons (Fsp3) is 0.176. The van der Waals surface area contributed by atoms with E-state index in [4.69, 9.17) is 9.26 Å². The quantitative estimate of drug-likeness (QED) is 0.615. The van der Waals surface area contributed by atoms with Gasteiger partial charge in [0.05, 0.1) is 18.2 Å². The predicted octanol–water partition coefficient (Wildman–Crippen LogP) is 5.13. The van der Waals surface area contributed by atoms with E-state index >= 15 is 0 Å². The summed E-state index contributed by atoms with van der Waals surface area (Å²) >= 11 is 0. The highest BCUT2D eigenvalue weighted by Gasteiger charge is 2.37. The Kier molecular flexibility index (Phi) is 4.69. The molecule has 0 bridgehead atoms. The number of hydrogen-bond acceptors (Lipinski definition) is 4. The summed E-state index contributed by atoms with van der Waals surface area (Å²) in [6.07, 6.45) is -10.1. The molecule has 0 spiro atoms. The van der Waals surface area contributed by atoms with Crippen LogP contribution < -0.4 is 10.1 Å². The molecule has 0 saturated heterocycles. The van der Waals surface area contributed by atoms with Gasteiger partial charge in [-0.05, 0) is 30.3 Å². The molecular formula is C17H10F6N2O3. The van der Waals surface area contributed by atoms with E-state index < -0.39 is 35.0 Å². The average Bonchev–Trinajstić information content (AvgIpc) is 3.03. The third kappa shape index (κ3) is 3.73. The smallest absolute Gasteiger partial charge is 0.416 e. The number of alkyl halides is 6. The number of halogens is 6. The van der Waals surface area contributed by atoms with E-state index in [0.29, 0.717) is 12.1 Å². The standard InChI is InChI=1S/C17H10F6N2O3/c1-27-11-3-2-4-12-13(11)14(25-28-12)24-15(26)8-5-9(16(18,19)20)7-10(6-8)17(21,22)23/h2-7H,1H3,(H,24,25,26). The molecule has 148 valence electrons. The van der Waals surface area contributed by atoms with Crippen LogP contribution in [-0.4, -0.2) is 18.2 Å². The van der Waals surface area contributed by atoms with Crippen molar-refractivity contribution in [2.24, 2.45) is 0 Å². The molecule has 0 saturated carbocycles. The Bertz CT molecular complexity index is 1010. The second-order valence-electron chi connectivity index (χ2n) is 5.61. The number of ether oxygens (including phenoxy) is 1. The maximum absolute atomic E-state index is 12.9. The van der Waals surface area contributed by atoms with E-state index in [2.05, 4.69) is 10.5 Å². The summed E-state index contributed by atoms with van der Waals surface area (Å²) in [4.78, 5) is 12.3. The lowest BCUT2D eigenvalue weighted by atomic mass is 10.0. The minimum absolute atomic E-state index is 0.0642. The molecule has 0 aliphatic carbocycles. The number of aromatic nitrogens is 1. The molecule has 11 heteroatoms.